The number of hydrogen-bond acceptors (Lipinski definition) is 7. The quantitative estimate of drug-likeness (QED) is 0.159. The van der Waals surface area contributed by atoms with Crippen LogP contribution in [0.15, 0.2) is 11.3 Å². The summed E-state index contributed by atoms with van der Waals surface area (Å²) in [5.41, 5.74) is -0.741. The second kappa shape index (κ2) is 12.4. The van der Waals surface area contributed by atoms with E-state index in [1.54, 1.807) is 13.8 Å². The third-order valence-corrected chi connectivity index (χ3v) is 9.33. The van der Waals surface area contributed by atoms with Crippen molar-refractivity contribution in [2.45, 2.75) is 104 Å². The summed E-state index contributed by atoms with van der Waals surface area (Å²) in [7, 11) is 0. The molecule has 7 nitrogen and oxygen atoms in total. The largest absolute Gasteiger partial charge is 0.511 e. The molecule has 208 valence electrons. The Balaban J connectivity index is 1.58. The number of nitrogens with zero attached hydrogens (tertiary/aromatic N) is 1. The maximum Gasteiger partial charge on any atom is 0.306 e. The molecular weight excluding hydrogens is 490 g/mol. The molecule has 8 heteroatoms. The number of thioether (sulfide) groups is 1. The van der Waals surface area contributed by atoms with Gasteiger partial charge >= 0.3 is 5.97 Å². The number of allylic oxidation sites excluding steroid dienone is 1. The van der Waals surface area contributed by atoms with Crippen molar-refractivity contribution in [3.8, 4) is 0 Å². The zero-order valence-corrected chi connectivity index (χ0v) is 24.1. The van der Waals surface area contributed by atoms with Gasteiger partial charge in [0.05, 0.1) is 13.0 Å². The fourth-order valence-corrected chi connectivity index (χ4v) is 7.43. The van der Waals surface area contributed by atoms with Gasteiger partial charge in [-0.05, 0) is 73.2 Å². The van der Waals surface area contributed by atoms with Crippen molar-refractivity contribution in [3.05, 3.63) is 11.3 Å². The lowest BCUT2D eigenvalue weighted by molar-refractivity contribution is -0.147. The van der Waals surface area contributed by atoms with Crippen molar-refractivity contribution < 1.29 is 29.0 Å². The summed E-state index contributed by atoms with van der Waals surface area (Å²) < 4.78 is 5.67. The minimum absolute atomic E-state index is 0.0281. The van der Waals surface area contributed by atoms with Crippen LogP contribution in [0, 0.1) is 22.7 Å². The van der Waals surface area contributed by atoms with E-state index in [4.69, 9.17) is 4.74 Å². The molecule has 1 saturated heterocycles. The van der Waals surface area contributed by atoms with Crippen molar-refractivity contribution >= 4 is 35.3 Å². The summed E-state index contributed by atoms with van der Waals surface area (Å²) in [5.74, 6) is -0.256. The average Bonchev–Trinajstić information content (AvgIpc) is 3.05. The molecule has 2 aliphatic carbocycles. The number of amides is 2. The summed E-state index contributed by atoms with van der Waals surface area (Å²) >= 11 is 1.52. The van der Waals surface area contributed by atoms with Crippen LogP contribution in [0.2, 0.25) is 0 Å². The summed E-state index contributed by atoms with van der Waals surface area (Å²) in [5, 5.41) is 10.8. The molecule has 2 saturated carbocycles. The Hall–Kier alpha value is -1.83. The van der Waals surface area contributed by atoms with E-state index in [2.05, 4.69) is 6.92 Å². The summed E-state index contributed by atoms with van der Waals surface area (Å²) in [4.78, 5) is 51.6. The number of rotatable bonds is 11. The summed E-state index contributed by atoms with van der Waals surface area (Å²) in [6.07, 6.45) is 12.1. The molecule has 0 aromatic heterocycles. The lowest BCUT2D eigenvalue weighted by atomic mass is 9.57. The first-order chi connectivity index (χ1) is 17.4. The van der Waals surface area contributed by atoms with Gasteiger partial charge < -0.3 is 9.84 Å². The number of esters is 1. The number of ketones is 1. The maximum atomic E-state index is 13.0. The molecule has 1 N–H and O–H groups in total. The molecule has 37 heavy (non-hydrogen) atoms. The Morgan fingerprint density at radius 2 is 1.95 bits per heavy atom. The molecule has 3 rings (SSSR count). The Kier molecular flexibility index (Phi) is 9.92. The molecule has 2 amide bonds. The van der Waals surface area contributed by atoms with E-state index < -0.39 is 29.1 Å². The van der Waals surface area contributed by atoms with Crippen LogP contribution in [0.3, 0.4) is 0 Å². The highest BCUT2D eigenvalue weighted by Crippen LogP contribution is 2.53. The third kappa shape index (κ3) is 7.18. The number of hydrogen-bond donors (Lipinski definition) is 1. The van der Waals surface area contributed by atoms with Gasteiger partial charge in [-0.3, -0.25) is 24.1 Å². The molecule has 1 heterocycles. The molecule has 4 unspecified atom stereocenters. The fourth-order valence-electron chi connectivity index (χ4n) is 6.97. The van der Waals surface area contributed by atoms with E-state index in [-0.39, 0.29) is 30.1 Å². The second-order valence-electron chi connectivity index (χ2n) is 12.3. The lowest BCUT2D eigenvalue weighted by Gasteiger charge is -2.48. The highest BCUT2D eigenvalue weighted by atomic mass is 32.2. The van der Waals surface area contributed by atoms with Gasteiger partial charge in [-0.15, -0.1) is 0 Å². The Morgan fingerprint density at radius 1 is 1.22 bits per heavy atom. The fraction of sp³-hybridized carbons (Fsp3) is 0.793. The molecule has 1 aliphatic heterocycles. The number of imide groups is 1. The molecule has 0 spiro atoms. The van der Waals surface area contributed by atoms with Crippen molar-refractivity contribution in [2.24, 2.45) is 22.7 Å². The average molecular weight is 536 g/mol. The van der Waals surface area contributed by atoms with Crippen molar-refractivity contribution in [3.63, 3.8) is 0 Å². The van der Waals surface area contributed by atoms with Crippen LogP contribution in [-0.2, 0) is 23.9 Å². The van der Waals surface area contributed by atoms with Gasteiger partial charge in [-0.1, -0.05) is 40.0 Å². The van der Waals surface area contributed by atoms with Crippen LogP contribution in [0.4, 0.5) is 0 Å². The molecule has 3 fully saturated rings. The van der Waals surface area contributed by atoms with Crippen LogP contribution >= 0.6 is 11.8 Å². The number of aliphatic hydroxyl groups excluding tert-OH is 1. The second-order valence-corrected chi connectivity index (χ2v) is 13.3. The number of aliphatic hydroxyl groups is 1. The van der Waals surface area contributed by atoms with E-state index in [1.165, 1.54) is 63.6 Å². The van der Waals surface area contributed by atoms with E-state index in [1.807, 2.05) is 6.26 Å². The van der Waals surface area contributed by atoms with Crippen LogP contribution in [0.1, 0.15) is 98.3 Å². The van der Waals surface area contributed by atoms with E-state index in [0.717, 1.165) is 23.2 Å². The minimum Gasteiger partial charge on any atom is -0.511 e. The predicted octanol–water partition coefficient (Wildman–Crippen LogP) is 5.61. The Bertz CT molecular complexity index is 927. The molecule has 0 aromatic carbocycles. The van der Waals surface area contributed by atoms with Crippen molar-refractivity contribution in [1.29, 1.82) is 0 Å². The molecule has 4 atom stereocenters. The van der Waals surface area contributed by atoms with Gasteiger partial charge in [0, 0.05) is 13.3 Å². The molecule has 0 aromatic rings. The maximum absolute atomic E-state index is 13.0. The Labute approximate surface area is 226 Å². The van der Waals surface area contributed by atoms with E-state index in [9.17, 15) is 24.3 Å². The smallest absolute Gasteiger partial charge is 0.306 e. The van der Waals surface area contributed by atoms with E-state index >= 15 is 0 Å². The standard InChI is InChI=1S/C29H45NO6S/c1-6-20-14-21-8-7-10-29(15-20,16-21)11-12-36-24(33)18-28(3,4)17-23(32)25-26(34)22(9-13-37-5)30(19(2)31)27(25)35/h20-22,32H,6-18H2,1-5H3/b25-23-. The monoisotopic (exact) mass is 535 g/mol. The topological polar surface area (TPSA) is 101 Å². The van der Waals surface area contributed by atoms with Crippen molar-refractivity contribution in [2.75, 3.05) is 18.6 Å². The van der Waals surface area contributed by atoms with Crippen LogP contribution in [-0.4, -0.2) is 58.2 Å². The molecule has 0 radical (unpaired) electrons. The number of likely N-dealkylation sites (tertiary alicyclic amines) is 1. The normalized spacial score (nSPS) is 29.4. The van der Waals surface area contributed by atoms with Gasteiger partial charge in [0.25, 0.3) is 5.91 Å². The first-order valence-corrected chi connectivity index (χ1v) is 15.3. The number of fused-ring (bicyclic) bond motifs is 2. The summed E-state index contributed by atoms with van der Waals surface area (Å²) in [6.45, 7) is 7.55. The third-order valence-electron chi connectivity index (χ3n) is 8.69. The zero-order chi connectivity index (χ0) is 27.4. The lowest BCUT2D eigenvalue weighted by Crippen LogP contribution is -2.39. The number of ether oxygens (including phenoxy) is 1. The Morgan fingerprint density at radius 3 is 2.59 bits per heavy atom. The highest BCUT2D eigenvalue weighted by molar-refractivity contribution is 7.98. The van der Waals surface area contributed by atoms with E-state index in [0.29, 0.717) is 24.2 Å². The first-order valence-electron chi connectivity index (χ1n) is 13.9. The van der Waals surface area contributed by atoms with Crippen LogP contribution in [0.25, 0.3) is 0 Å². The molecule has 3 aliphatic rings. The van der Waals surface area contributed by atoms with Gasteiger partial charge in [0.15, 0.2) is 5.78 Å². The van der Waals surface area contributed by atoms with Crippen LogP contribution < -0.4 is 0 Å². The number of carbonyl (C=O) groups is 4. The van der Waals surface area contributed by atoms with Gasteiger partial charge in [0.1, 0.15) is 17.4 Å². The van der Waals surface area contributed by atoms with Gasteiger partial charge in [0.2, 0.25) is 5.91 Å². The zero-order valence-electron chi connectivity index (χ0n) is 23.3. The number of carbonyl (C=O) groups excluding carboxylic acids is 4. The number of Topliss-reactive ketones (excluding diaryl/α,β-unsaturated/α-hetero) is 1. The molecular formula is C29H45NO6S. The summed E-state index contributed by atoms with van der Waals surface area (Å²) in [6, 6.07) is -0.881. The van der Waals surface area contributed by atoms with Crippen molar-refractivity contribution in [1.82, 2.24) is 4.90 Å². The highest BCUT2D eigenvalue weighted by Gasteiger charge is 2.47. The minimum atomic E-state index is -0.881. The van der Waals surface area contributed by atoms with Gasteiger partial charge in [-0.25, -0.2) is 0 Å². The predicted molar refractivity (Wildman–Crippen MR) is 145 cm³/mol. The first kappa shape index (κ1) is 29.7. The SMILES string of the molecule is CCC1CC2CCCC(CCOC(=O)CC(C)(C)C/C(O)=C3\C(=O)C(CCSC)N(C(C)=O)C3=O)(C1)C2. The molecule has 2 bridgehead atoms. The van der Waals surface area contributed by atoms with Crippen LogP contribution in [0.5, 0.6) is 0 Å². The van der Waals surface area contributed by atoms with Gasteiger partial charge in [-0.2, -0.15) is 11.8 Å².